The lowest BCUT2D eigenvalue weighted by Crippen LogP contribution is -2.58. The highest BCUT2D eigenvalue weighted by atomic mass is 28.4. The van der Waals surface area contributed by atoms with Gasteiger partial charge in [-0.3, -0.25) is 72.3 Å². The predicted octanol–water partition coefficient (Wildman–Crippen LogP) is -1.72. The van der Waals surface area contributed by atoms with E-state index in [1.807, 2.05) is 10.6 Å². The van der Waals surface area contributed by atoms with Gasteiger partial charge in [0.05, 0.1) is 19.6 Å². The molecule has 0 aliphatic carbocycles. The largest absolute Gasteiger partial charge is 0.481 e. The van der Waals surface area contributed by atoms with Crippen LogP contribution in [-0.2, 0) is 67.1 Å². The molecule has 1 aliphatic heterocycles. The SMILES string of the molecule is CC(C)(C)[Si](F)(c1ccc(C(=O)NC[C@@H](NC(=O)CC[C@H](C(=O)O)N2CCN(CC(=O)O)CCN(CC(=O)O)CCN(CC(=O)O)CC2)C(=O)N[C@H](CCCCNC(=O)CCC(=O)NCCC[C@@H](NC(=O)CC[C@H](NC(=O)N[C@@H](CCC(=O)O)C(=O)O)C(=O)O)C(=O)O)C(=O)O)cc1)C(C)(C)C. The van der Waals surface area contributed by atoms with Gasteiger partial charge in [-0.2, -0.15) is 0 Å². The molecule has 1 saturated heterocycles. The minimum absolute atomic E-state index is 0.00207. The number of carboxylic acids is 9. The Bertz CT molecular complexity index is 3050. The van der Waals surface area contributed by atoms with Crippen molar-refractivity contribution in [1.29, 1.82) is 0 Å². The fourth-order valence-electron chi connectivity index (χ4n) is 11.4. The Labute approximate surface area is 588 Å². The molecule has 1 fully saturated rings. The number of nitrogens with zero attached hydrogens (tertiary/aromatic N) is 4. The summed E-state index contributed by atoms with van der Waals surface area (Å²) in [6, 6.07) is -5.18. The number of benzene rings is 1. The lowest BCUT2D eigenvalue weighted by Gasteiger charge is -2.44. The summed E-state index contributed by atoms with van der Waals surface area (Å²) in [5, 5.41) is 104. The molecule has 2 rings (SSSR count). The Morgan fingerprint density at radius 3 is 1.21 bits per heavy atom. The van der Waals surface area contributed by atoms with Crippen molar-refractivity contribution >= 4 is 109 Å². The average Bonchev–Trinajstić information content (AvgIpc) is 0.748. The van der Waals surface area contributed by atoms with Crippen LogP contribution in [0.4, 0.5) is 8.90 Å². The van der Waals surface area contributed by atoms with Crippen LogP contribution >= 0.6 is 0 Å². The molecule has 0 spiro atoms. The Balaban J connectivity index is 2.15. The molecule has 0 bridgehead atoms. The van der Waals surface area contributed by atoms with E-state index < -0.39 is 215 Å². The van der Waals surface area contributed by atoms with Crippen molar-refractivity contribution in [2.24, 2.45) is 0 Å². The molecular weight excluding hydrogens is 1370 g/mol. The minimum atomic E-state index is -3.77. The fraction of sp³-hybridized carbons (Fsp3) is 0.651. The molecule has 102 heavy (non-hydrogen) atoms. The van der Waals surface area contributed by atoms with Gasteiger partial charge >= 0.3 is 59.8 Å². The van der Waals surface area contributed by atoms with Crippen LogP contribution in [0.3, 0.4) is 0 Å². The molecule has 0 radical (unpaired) electrons. The van der Waals surface area contributed by atoms with Crippen molar-refractivity contribution < 1.29 is 127 Å². The van der Waals surface area contributed by atoms with Crippen LogP contribution in [0.2, 0.25) is 10.1 Å². The topological polar surface area (TPSA) is 564 Å². The second-order valence-electron chi connectivity index (χ2n) is 26.6. The Hall–Kier alpha value is -9.47. The van der Waals surface area contributed by atoms with Gasteiger partial charge in [-0.15, -0.1) is 0 Å². The van der Waals surface area contributed by atoms with Crippen molar-refractivity contribution in [2.45, 2.75) is 171 Å². The maximum absolute atomic E-state index is 17.1. The normalized spacial score (nSPS) is 15.6. The highest BCUT2D eigenvalue weighted by Gasteiger charge is 2.56. The summed E-state index contributed by atoms with van der Waals surface area (Å²) >= 11 is 0. The van der Waals surface area contributed by atoms with Gasteiger partial charge in [-0.1, -0.05) is 53.7 Å². The zero-order valence-electron chi connectivity index (χ0n) is 58.1. The van der Waals surface area contributed by atoms with E-state index in [-0.39, 0.29) is 116 Å². The first-order valence-corrected chi connectivity index (χ1v) is 34.9. The molecule has 572 valence electrons. The van der Waals surface area contributed by atoms with Crippen LogP contribution in [0, 0.1) is 0 Å². The first kappa shape index (κ1) is 88.6. The van der Waals surface area contributed by atoms with Gasteiger partial charge in [-0.05, 0) is 78.8 Å². The summed E-state index contributed by atoms with van der Waals surface area (Å²) in [5.41, 5.74) is 0.0380. The first-order valence-electron chi connectivity index (χ1n) is 33.0. The average molecular weight is 1470 g/mol. The quantitative estimate of drug-likeness (QED) is 0.0197. The Morgan fingerprint density at radius 1 is 0.412 bits per heavy atom. The molecule has 1 heterocycles. The number of halogens is 1. The lowest BCUT2D eigenvalue weighted by atomic mass is 10.1. The number of carbonyl (C=O) groups excluding carboxylic acids is 7. The van der Waals surface area contributed by atoms with Crippen molar-refractivity contribution in [3.8, 4) is 0 Å². The van der Waals surface area contributed by atoms with E-state index in [1.54, 1.807) is 41.5 Å². The van der Waals surface area contributed by atoms with Crippen molar-refractivity contribution in [2.75, 3.05) is 91.6 Å². The summed E-state index contributed by atoms with van der Waals surface area (Å²) in [7, 11) is -3.77. The highest BCUT2D eigenvalue weighted by molar-refractivity contribution is 6.90. The molecule has 0 saturated carbocycles. The summed E-state index contributed by atoms with van der Waals surface area (Å²) < 4.78 is 17.1. The number of unbranched alkanes of at least 4 members (excludes halogenated alkanes) is 1. The maximum atomic E-state index is 17.1. The van der Waals surface area contributed by atoms with Crippen LogP contribution in [0.25, 0.3) is 0 Å². The number of carboxylic acid groups (broad SMARTS) is 9. The second-order valence-corrected chi connectivity index (χ2v) is 31.5. The van der Waals surface area contributed by atoms with Crippen LogP contribution in [0.5, 0.6) is 0 Å². The number of carbonyl (C=O) groups is 16. The van der Waals surface area contributed by atoms with Crippen LogP contribution in [-0.4, -0.2) is 297 Å². The van der Waals surface area contributed by atoms with Gasteiger partial charge < -0.3 is 92.6 Å². The smallest absolute Gasteiger partial charge is 0.326 e. The third-order valence-electron chi connectivity index (χ3n) is 16.6. The van der Waals surface area contributed by atoms with E-state index in [0.717, 1.165) is 0 Å². The van der Waals surface area contributed by atoms with E-state index >= 15 is 4.11 Å². The number of urea groups is 1. The van der Waals surface area contributed by atoms with E-state index in [9.17, 15) is 118 Å². The number of nitrogens with one attached hydrogen (secondary N) is 8. The van der Waals surface area contributed by atoms with Gasteiger partial charge in [0.2, 0.25) is 29.5 Å². The summed E-state index contributed by atoms with van der Waals surface area (Å²) in [4.78, 5) is 205. The molecule has 1 aliphatic rings. The molecule has 8 amide bonds. The molecule has 1 aromatic carbocycles. The van der Waals surface area contributed by atoms with Gasteiger partial charge in [0.25, 0.3) is 14.3 Å². The number of aliphatic carboxylic acids is 9. The van der Waals surface area contributed by atoms with E-state index in [2.05, 4.69) is 31.9 Å². The van der Waals surface area contributed by atoms with Gasteiger partial charge in [0, 0.05) is 110 Å². The maximum Gasteiger partial charge on any atom is 0.326 e. The van der Waals surface area contributed by atoms with E-state index in [4.69, 9.17) is 5.11 Å². The van der Waals surface area contributed by atoms with Crippen molar-refractivity contribution in [3.63, 3.8) is 0 Å². The summed E-state index contributed by atoms with van der Waals surface area (Å²) in [5.74, 6) is -17.5. The molecule has 6 atom stereocenters. The third-order valence-corrected chi connectivity index (χ3v) is 21.9. The molecule has 17 N–H and O–H groups in total. The number of amides is 8. The monoisotopic (exact) mass is 1470 g/mol. The fourth-order valence-corrected chi connectivity index (χ4v) is 16.0. The first-order chi connectivity index (χ1) is 47.5. The van der Waals surface area contributed by atoms with Gasteiger partial charge in [-0.25, -0.2) is 24.0 Å². The number of hydrogen-bond donors (Lipinski definition) is 17. The van der Waals surface area contributed by atoms with Gasteiger partial charge in [0.15, 0.2) is 0 Å². The summed E-state index contributed by atoms with van der Waals surface area (Å²) in [6.45, 7) is 8.44. The molecule has 0 unspecified atom stereocenters. The second kappa shape index (κ2) is 43.4. The van der Waals surface area contributed by atoms with Crippen LogP contribution < -0.4 is 47.7 Å². The van der Waals surface area contributed by atoms with Crippen LogP contribution in [0.1, 0.15) is 135 Å². The Kier molecular flexibility index (Phi) is 37.7. The number of rotatable bonds is 43. The lowest BCUT2D eigenvalue weighted by molar-refractivity contribution is -0.145. The predicted molar refractivity (Wildman–Crippen MR) is 359 cm³/mol. The standard InChI is InChI=1S/C63H99FN12O25Si/c1-62(2,3)102(64,63(4,5)6)39-14-12-38(13-15-39)54(89)67-34-44(69-49(80)20-18-45(60(99)100)76-32-30-74(36-52(85)86)28-26-73(35-51(83)84)27-29-75(31-33-76)37-53(87)88)55(90)70-41(57(93)94)10-7-8-24-65-46(77)21-22-47(78)66-25-9-11-40(56(91)92)68-48(79)19-16-42(58(95)96)71-61(101)72-43(59(97)98)17-23-50(81)82/h12-15,40-45H,7-11,16-37H2,1-6H3,(H,65,77)(H,66,78)(H,67,89)(H,68,79)(H,69,80)(H,70,90)(H,81,82)(H,83,84)(H,85,86)(H,87,88)(H,91,92)(H,93,94)(H,95,96)(H,97,98)(H,99,100)(H2,71,72,101)/t40-,41-,42+,43+,44-,45-/m1/s1. The van der Waals surface area contributed by atoms with Crippen molar-refractivity contribution in [3.05, 3.63) is 29.8 Å². The van der Waals surface area contributed by atoms with Crippen molar-refractivity contribution in [1.82, 2.24) is 62.1 Å². The molecular formula is C63H99FN12O25Si. The Morgan fingerprint density at radius 2 is 0.794 bits per heavy atom. The van der Waals surface area contributed by atoms with E-state index in [0.29, 0.717) is 5.19 Å². The number of hydrogen-bond acceptors (Lipinski definition) is 20. The highest BCUT2D eigenvalue weighted by Crippen LogP contribution is 2.51. The molecule has 1 aromatic rings. The van der Waals surface area contributed by atoms with Crippen LogP contribution in [0.15, 0.2) is 24.3 Å². The minimum Gasteiger partial charge on any atom is -0.481 e. The van der Waals surface area contributed by atoms with Gasteiger partial charge in [0.1, 0.15) is 36.3 Å². The summed E-state index contributed by atoms with van der Waals surface area (Å²) in [6.07, 6.45) is -4.25. The third kappa shape index (κ3) is 32.9. The molecule has 39 heteroatoms. The molecule has 0 aromatic heterocycles. The van der Waals surface area contributed by atoms with E-state index in [1.165, 1.54) is 43.9 Å². The zero-order valence-corrected chi connectivity index (χ0v) is 59.1. The molecule has 37 nitrogen and oxygen atoms in total. The zero-order chi connectivity index (χ0) is 77.2.